The zero-order valence-electron chi connectivity index (χ0n) is 29.4. The Bertz CT molecular complexity index is 1830. The lowest BCUT2D eigenvalue weighted by Gasteiger charge is -2.36. The van der Waals surface area contributed by atoms with Gasteiger partial charge in [0.2, 0.25) is 5.91 Å². The number of aryl methyl sites for hydroxylation is 1. The highest BCUT2D eigenvalue weighted by Crippen LogP contribution is 2.29. The third-order valence-corrected chi connectivity index (χ3v) is 10.0. The Balaban J connectivity index is 1.30. The molecule has 3 heterocycles. The highest BCUT2D eigenvalue weighted by atomic mass is 35.5. The summed E-state index contributed by atoms with van der Waals surface area (Å²) in [4.78, 5) is 49.2. The molecule has 0 atom stereocenters. The summed E-state index contributed by atoms with van der Waals surface area (Å²) in [6.45, 7) is 10.6. The maximum atomic E-state index is 14.5. The number of carbonyl (C=O) groups excluding carboxylic acids is 3. The molecular weight excluding hydrogens is 648 g/mol. The predicted molar refractivity (Wildman–Crippen MR) is 198 cm³/mol. The maximum Gasteiger partial charge on any atom is 0.274 e. The molecule has 0 bridgehead atoms. The number of hydrogen-bond donors (Lipinski definition) is 0. The van der Waals surface area contributed by atoms with Gasteiger partial charge in [-0.3, -0.25) is 14.4 Å². The van der Waals surface area contributed by atoms with E-state index >= 15 is 0 Å². The summed E-state index contributed by atoms with van der Waals surface area (Å²) < 4.78 is 1.73. The number of unbranched alkanes of at least 4 members (excludes halogenated alkanes) is 2. The van der Waals surface area contributed by atoms with Gasteiger partial charge in [0, 0.05) is 62.2 Å². The number of piperazine rings is 1. The molecule has 9 nitrogen and oxygen atoms in total. The lowest BCUT2D eigenvalue weighted by molar-refractivity contribution is -0.131. The van der Waals surface area contributed by atoms with Gasteiger partial charge in [0.25, 0.3) is 11.8 Å². The highest BCUT2D eigenvalue weighted by Gasteiger charge is 2.29. The maximum absolute atomic E-state index is 14.5. The third kappa shape index (κ3) is 7.88. The summed E-state index contributed by atoms with van der Waals surface area (Å²) in [5.74, 6) is -0.155. The summed E-state index contributed by atoms with van der Waals surface area (Å²) in [7, 11) is 0. The van der Waals surface area contributed by atoms with Gasteiger partial charge in [-0.15, -0.1) is 0 Å². The number of carbonyl (C=O) groups is 3. The van der Waals surface area contributed by atoms with Gasteiger partial charge in [0.1, 0.15) is 0 Å². The van der Waals surface area contributed by atoms with Crippen LogP contribution >= 0.6 is 11.6 Å². The van der Waals surface area contributed by atoms with Crippen molar-refractivity contribution in [3.8, 4) is 5.69 Å². The molecule has 3 aromatic carbocycles. The molecule has 1 aromatic heterocycles. The molecule has 0 spiro atoms. The van der Waals surface area contributed by atoms with Crippen molar-refractivity contribution >= 4 is 35.0 Å². The van der Waals surface area contributed by atoms with Crippen molar-refractivity contribution in [1.82, 2.24) is 24.5 Å². The number of halogens is 1. The van der Waals surface area contributed by atoms with E-state index in [1.165, 1.54) is 5.56 Å². The van der Waals surface area contributed by atoms with Gasteiger partial charge in [-0.05, 0) is 79.3 Å². The van der Waals surface area contributed by atoms with Gasteiger partial charge >= 0.3 is 0 Å². The number of anilines is 1. The molecule has 10 heteroatoms. The van der Waals surface area contributed by atoms with Crippen molar-refractivity contribution in [2.75, 3.05) is 44.2 Å². The molecular formula is C40H47ClN6O3. The molecule has 0 saturated carbocycles. The predicted octanol–water partition coefficient (Wildman–Crippen LogP) is 6.92. The second kappa shape index (κ2) is 15.9. The van der Waals surface area contributed by atoms with Crippen LogP contribution in [-0.4, -0.2) is 81.5 Å². The quantitative estimate of drug-likeness (QED) is 0.161. The van der Waals surface area contributed by atoms with Crippen LogP contribution in [0.25, 0.3) is 5.69 Å². The fourth-order valence-electron chi connectivity index (χ4n) is 6.82. The van der Waals surface area contributed by atoms with Crippen molar-refractivity contribution in [2.24, 2.45) is 0 Å². The minimum atomic E-state index is -0.0978. The van der Waals surface area contributed by atoms with Crippen LogP contribution in [0.4, 0.5) is 5.69 Å². The monoisotopic (exact) mass is 694 g/mol. The normalized spacial score (nSPS) is 14.6. The first-order chi connectivity index (χ1) is 24.2. The molecule has 2 aliphatic heterocycles. The van der Waals surface area contributed by atoms with Crippen LogP contribution in [0.2, 0.25) is 5.02 Å². The van der Waals surface area contributed by atoms with Crippen LogP contribution in [0, 0.1) is 6.92 Å². The number of rotatable bonds is 12. The summed E-state index contributed by atoms with van der Waals surface area (Å²) in [6, 6.07) is 23.4. The lowest BCUT2D eigenvalue weighted by Crippen LogP contribution is -2.50. The Labute approximate surface area is 300 Å². The fraction of sp³-hybridized carbons (Fsp3) is 0.400. The third-order valence-electron chi connectivity index (χ3n) is 9.78. The smallest absolute Gasteiger partial charge is 0.274 e. The minimum absolute atomic E-state index is 0.0255. The van der Waals surface area contributed by atoms with Crippen molar-refractivity contribution in [3.63, 3.8) is 0 Å². The Morgan fingerprint density at radius 3 is 2.28 bits per heavy atom. The van der Waals surface area contributed by atoms with Gasteiger partial charge in [-0.25, -0.2) is 4.68 Å². The average molecular weight is 695 g/mol. The first kappa shape index (κ1) is 35.2. The molecule has 1 saturated heterocycles. The van der Waals surface area contributed by atoms with E-state index in [1.54, 1.807) is 4.68 Å². The second-order valence-corrected chi connectivity index (χ2v) is 13.8. The standard InChI is InChI=1S/C40H47ClN6O3/c1-4-6-19-43(20-7-5-2)40(50)36-24-29(3)47(42-36)37-17-16-34(25-35(37)39(49)46-21-18-31-10-8-9-11-32(31)27-46)44-22-23-45(38(48)28-44)26-30-12-14-33(41)15-13-30/h8-17,24-25H,4-7,18-23,26-28H2,1-3H3. The average Bonchev–Trinajstić information content (AvgIpc) is 3.53. The largest absolute Gasteiger partial charge is 0.360 e. The number of aromatic nitrogens is 2. The Morgan fingerprint density at radius 2 is 1.58 bits per heavy atom. The van der Waals surface area contributed by atoms with Crippen LogP contribution in [0.3, 0.4) is 0 Å². The number of hydrogen-bond acceptors (Lipinski definition) is 5. The van der Waals surface area contributed by atoms with E-state index in [4.69, 9.17) is 16.7 Å². The van der Waals surface area contributed by atoms with E-state index in [-0.39, 0.29) is 24.3 Å². The SMILES string of the molecule is CCCCN(CCCC)C(=O)c1cc(C)n(-c2ccc(N3CCN(Cc4ccc(Cl)cc4)C(=O)C3)cc2C(=O)N2CCc3ccccc3C2)n1. The van der Waals surface area contributed by atoms with Gasteiger partial charge in [0.15, 0.2) is 5.69 Å². The van der Waals surface area contributed by atoms with Crippen LogP contribution in [0.15, 0.2) is 72.8 Å². The van der Waals surface area contributed by atoms with E-state index in [9.17, 15) is 14.4 Å². The summed E-state index contributed by atoms with van der Waals surface area (Å²) in [6.07, 6.45) is 4.67. The zero-order chi connectivity index (χ0) is 35.2. The molecule has 262 valence electrons. The molecule has 50 heavy (non-hydrogen) atoms. The van der Waals surface area contributed by atoms with Crippen LogP contribution in [0.5, 0.6) is 0 Å². The topological polar surface area (TPSA) is 82.0 Å². The van der Waals surface area contributed by atoms with Crippen molar-refractivity contribution in [1.29, 1.82) is 0 Å². The Morgan fingerprint density at radius 1 is 0.860 bits per heavy atom. The van der Waals surface area contributed by atoms with E-state index < -0.39 is 0 Å². The number of nitrogens with zero attached hydrogens (tertiary/aromatic N) is 6. The van der Waals surface area contributed by atoms with Crippen molar-refractivity contribution < 1.29 is 14.4 Å². The van der Waals surface area contributed by atoms with E-state index in [0.29, 0.717) is 67.8 Å². The van der Waals surface area contributed by atoms with Gasteiger partial charge in [-0.1, -0.05) is 74.7 Å². The number of fused-ring (bicyclic) bond motifs is 1. The summed E-state index contributed by atoms with van der Waals surface area (Å²) >= 11 is 6.06. The molecule has 4 aromatic rings. The van der Waals surface area contributed by atoms with Crippen molar-refractivity contribution in [3.05, 3.63) is 111 Å². The minimum Gasteiger partial charge on any atom is -0.360 e. The van der Waals surface area contributed by atoms with Gasteiger partial charge < -0.3 is 19.6 Å². The zero-order valence-corrected chi connectivity index (χ0v) is 30.2. The molecule has 2 aliphatic rings. The molecule has 3 amide bonds. The van der Waals surface area contributed by atoms with E-state index in [2.05, 4.69) is 26.0 Å². The molecule has 0 aliphatic carbocycles. The molecule has 1 fully saturated rings. The van der Waals surface area contributed by atoms with Crippen LogP contribution < -0.4 is 4.90 Å². The van der Waals surface area contributed by atoms with Gasteiger partial charge in [0.05, 0.1) is 17.8 Å². The summed E-state index contributed by atoms with van der Waals surface area (Å²) in [5.41, 5.74) is 6.52. The first-order valence-corrected chi connectivity index (χ1v) is 18.3. The molecule has 6 rings (SSSR count). The van der Waals surface area contributed by atoms with Crippen LogP contribution in [0.1, 0.15) is 82.8 Å². The van der Waals surface area contributed by atoms with E-state index in [0.717, 1.165) is 54.6 Å². The summed E-state index contributed by atoms with van der Waals surface area (Å²) in [5, 5.41) is 5.49. The van der Waals surface area contributed by atoms with Crippen molar-refractivity contribution in [2.45, 2.75) is 66.0 Å². The Kier molecular flexibility index (Phi) is 11.2. The second-order valence-electron chi connectivity index (χ2n) is 13.4. The van der Waals surface area contributed by atoms with Crippen LogP contribution in [-0.2, 0) is 24.3 Å². The molecule has 0 N–H and O–H groups in total. The number of amides is 3. The fourth-order valence-corrected chi connectivity index (χ4v) is 6.95. The first-order valence-electron chi connectivity index (χ1n) is 17.9. The lowest BCUT2D eigenvalue weighted by atomic mass is 9.99. The highest BCUT2D eigenvalue weighted by molar-refractivity contribution is 6.30. The molecule has 0 radical (unpaired) electrons. The molecule has 0 unspecified atom stereocenters. The number of benzene rings is 3. The Hall–Kier alpha value is -4.63. The van der Waals surface area contributed by atoms with Gasteiger partial charge in [-0.2, -0.15) is 5.10 Å². The van der Waals surface area contributed by atoms with E-state index in [1.807, 2.05) is 87.2 Å².